The zero-order valence-corrected chi connectivity index (χ0v) is 10.7. The van der Waals surface area contributed by atoms with E-state index in [1.165, 1.54) is 0 Å². The summed E-state index contributed by atoms with van der Waals surface area (Å²) in [5.74, 6) is -0.810. The molecule has 0 aromatic heterocycles. The van der Waals surface area contributed by atoms with Crippen LogP contribution in [0.5, 0.6) is 0 Å². The molecular formula is C10H18BrNO2. The average molecular weight is 264 g/mol. The third-order valence-electron chi connectivity index (χ3n) is 2.82. The second-order valence-electron chi connectivity index (χ2n) is 4.43. The Morgan fingerprint density at radius 1 is 1.43 bits per heavy atom. The minimum Gasteiger partial charge on any atom is -0.481 e. The number of hydrogen-bond donors (Lipinski definition) is 2. The van der Waals surface area contributed by atoms with E-state index in [1.807, 2.05) is 13.8 Å². The predicted molar refractivity (Wildman–Crippen MR) is 61.6 cm³/mol. The van der Waals surface area contributed by atoms with Crippen LogP contribution in [-0.2, 0) is 4.79 Å². The lowest BCUT2D eigenvalue weighted by atomic mass is 9.74. The molecular weight excluding hydrogens is 246 g/mol. The SMILES string of the molecule is C=C(Br)CNC(C)(C)C(C)(C)C(=O)O. The molecule has 0 saturated carbocycles. The van der Waals surface area contributed by atoms with E-state index >= 15 is 0 Å². The third kappa shape index (κ3) is 3.10. The first kappa shape index (κ1) is 13.7. The van der Waals surface area contributed by atoms with Gasteiger partial charge in [0.2, 0.25) is 0 Å². The molecule has 0 aliphatic rings. The van der Waals surface area contributed by atoms with Gasteiger partial charge in [-0.1, -0.05) is 22.5 Å². The normalized spacial score (nSPS) is 12.6. The van der Waals surface area contributed by atoms with Gasteiger partial charge in [-0.15, -0.1) is 0 Å². The fourth-order valence-electron chi connectivity index (χ4n) is 0.805. The standard InChI is InChI=1S/C10H18BrNO2/c1-7(11)6-12-10(4,5)9(2,3)8(13)14/h12H,1,6H2,2-5H3,(H,13,14). The summed E-state index contributed by atoms with van der Waals surface area (Å²) < 4.78 is 0.812. The molecule has 0 aliphatic heterocycles. The van der Waals surface area contributed by atoms with Crippen molar-refractivity contribution in [3.05, 3.63) is 11.1 Å². The summed E-state index contributed by atoms with van der Waals surface area (Å²) in [4.78, 5) is 11.0. The molecule has 0 radical (unpaired) electrons. The maximum absolute atomic E-state index is 11.0. The highest BCUT2D eigenvalue weighted by Gasteiger charge is 2.42. The average Bonchev–Trinajstić information content (AvgIpc) is 2.00. The largest absolute Gasteiger partial charge is 0.481 e. The molecule has 0 fully saturated rings. The molecule has 14 heavy (non-hydrogen) atoms. The number of carboxylic acid groups (broad SMARTS) is 1. The molecule has 0 atom stereocenters. The van der Waals surface area contributed by atoms with E-state index in [-0.39, 0.29) is 0 Å². The minimum atomic E-state index is -0.824. The molecule has 0 aliphatic carbocycles. The van der Waals surface area contributed by atoms with Crippen molar-refractivity contribution in [3.63, 3.8) is 0 Å². The van der Waals surface area contributed by atoms with Gasteiger partial charge < -0.3 is 10.4 Å². The van der Waals surface area contributed by atoms with Gasteiger partial charge in [-0.25, -0.2) is 0 Å². The van der Waals surface area contributed by atoms with Crippen molar-refractivity contribution >= 4 is 21.9 Å². The van der Waals surface area contributed by atoms with E-state index in [0.717, 1.165) is 4.48 Å². The quantitative estimate of drug-likeness (QED) is 0.801. The molecule has 0 aromatic rings. The van der Waals surface area contributed by atoms with Crippen LogP contribution in [0.4, 0.5) is 0 Å². The second-order valence-corrected chi connectivity index (χ2v) is 5.55. The highest BCUT2D eigenvalue weighted by molar-refractivity contribution is 9.11. The van der Waals surface area contributed by atoms with E-state index in [9.17, 15) is 4.79 Å². The lowest BCUT2D eigenvalue weighted by Gasteiger charge is -2.39. The zero-order chi connectivity index (χ0) is 11.6. The van der Waals surface area contributed by atoms with Gasteiger partial charge in [0.15, 0.2) is 0 Å². The Labute approximate surface area is 93.7 Å². The van der Waals surface area contributed by atoms with Crippen LogP contribution >= 0.6 is 15.9 Å². The molecule has 82 valence electrons. The second kappa shape index (κ2) is 4.45. The maximum atomic E-state index is 11.0. The molecule has 0 amide bonds. The van der Waals surface area contributed by atoms with Crippen LogP contribution in [0.1, 0.15) is 27.7 Å². The van der Waals surface area contributed by atoms with Crippen LogP contribution in [0.25, 0.3) is 0 Å². The molecule has 3 nitrogen and oxygen atoms in total. The van der Waals surface area contributed by atoms with Gasteiger partial charge in [0.1, 0.15) is 0 Å². The topological polar surface area (TPSA) is 49.3 Å². The molecule has 0 aromatic carbocycles. The molecule has 0 rings (SSSR count). The van der Waals surface area contributed by atoms with Crippen molar-refractivity contribution in [2.45, 2.75) is 33.2 Å². The van der Waals surface area contributed by atoms with Crippen LogP contribution in [0, 0.1) is 5.41 Å². The fraction of sp³-hybridized carbons (Fsp3) is 0.700. The lowest BCUT2D eigenvalue weighted by Crippen LogP contribution is -2.55. The third-order valence-corrected chi connectivity index (χ3v) is 3.10. The number of carboxylic acids is 1. The Bertz CT molecular complexity index is 247. The molecule has 0 saturated heterocycles. The minimum absolute atomic E-state index is 0.491. The first-order chi connectivity index (χ1) is 6.11. The highest BCUT2D eigenvalue weighted by Crippen LogP contribution is 2.30. The van der Waals surface area contributed by atoms with Crippen molar-refractivity contribution in [2.75, 3.05) is 6.54 Å². The Hall–Kier alpha value is -0.350. The molecule has 0 bridgehead atoms. The van der Waals surface area contributed by atoms with Crippen molar-refractivity contribution in [1.29, 1.82) is 0 Å². The van der Waals surface area contributed by atoms with Gasteiger partial charge in [-0.05, 0) is 27.7 Å². The van der Waals surface area contributed by atoms with Gasteiger partial charge in [-0.2, -0.15) is 0 Å². The smallest absolute Gasteiger partial charge is 0.310 e. The Kier molecular flexibility index (Phi) is 4.34. The summed E-state index contributed by atoms with van der Waals surface area (Å²) in [6, 6.07) is 0. The molecule has 0 heterocycles. The van der Waals surface area contributed by atoms with E-state index in [2.05, 4.69) is 27.8 Å². The van der Waals surface area contributed by atoms with Gasteiger partial charge >= 0.3 is 5.97 Å². The van der Waals surface area contributed by atoms with Crippen LogP contribution in [0.2, 0.25) is 0 Å². The fourth-order valence-corrected chi connectivity index (χ4v) is 0.945. The lowest BCUT2D eigenvalue weighted by molar-refractivity contribution is -0.151. The van der Waals surface area contributed by atoms with E-state index < -0.39 is 16.9 Å². The van der Waals surface area contributed by atoms with Crippen LogP contribution < -0.4 is 5.32 Å². The van der Waals surface area contributed by atoms with Crippen molar-refractivity contribution in [2.24, 2.45) is 5.41 Å². The number of hydrogen-bond acceptors (Lipinski definition) is 2. The van der Waals surface area contributed by atoms with Crippen molar-refractivity contribution in [3.8, 4) is 0 Å². The van der Waals surface area contributed by atoms with E-state index in [1.54, 1.807) is 13.8 Å². The molecule has 2 N–H and O–H groups in total. The number of aliphatic carboxylic acids is 1. The van der Waals surface area contributed by atoms with Crippen LogP contribution in [0.15, 0.2) is 11.1 Å². The van der Waals surface area contributed by atoms with Gasteiger partial charge in [0, 0.05) is 16.6 Å². The van der Waals surface area contributed by atoms with Crippen molar-refractivity contribution in [1.82, 2.24) is 5.32 Å². The van der Waals surface area contributed by atoms with Crippen LogP contribution in [-0.4, -0.2) is 23.2 Å². The number of halogens is 1. The van der Waals surface area contributed by atoms with Crippen LogP contribution in [0.3, 0.4) is 0 Å². The highest BCUT2D eigenvalue weighted by atomic mass is 79.9. The summed E-state index contributed by atoms with van der Waals surface area (Å²) in [7, 11) is 0. The number of rotatable bonds is 5. The monoisotopic (exact) mass is 263 g/mol. The summed E-state index contributed by atoms with van der Waals surface area (Å²) in [6.07, 6.45) is 0. The Balaban J connectivity index is 4.59. The summed E-state index contributed by atoms with van der Waals surface area (Å²) >= 11 is 3.23. The Morgan fingerprint density at radius 2 is 1.86 bits per heavy atom. The molecule has 0 unspecified atom stereocenters. The van der Waals surface area contributed by atoms with Crippen molar-refractivity contribution < 1.29 is 9.90 Å². The van der Waals surface area contributed by atoms with Gasteiger partial charge in [0.25, 0.3) is 0 Å². The van der Waals surface area contributed by atoms with E-state index in [4.69, 9.17) is 5.11 Å². The molecule has 0 spiro atoms. The first-order valence-electron chi connectivity index (χ1n) is 4.43. The number of carbonyl (C=O) groups is 1. The Morgan fingerprint density at radius 3 is 2.14 bits per heavy atom. The van der Waals surface area contributed by atoms with E-state index in [0.29, 0.717) is 6.54 Å². The zero-order valence-electron chi connectivity index (χ0n) is 9.15. The van der Waals surface area contributed by atoms with Gasteiger partial charge in [-0.3, -0.25) is 4.79 Å². The summed E-state index contributed by atoms with van der Waals surface area (Å²) in [6.45, 7) is 11.4. The number of nitrogens with one attached hydrogen (secondary N) is 1. The first-order valence-corrected chi connectivity index (χ1v) is 5.22. The molecule has 4 heteroatoms. The maximum Gasteiger partial charge on any atom is 0.310 e. The summed E-state index contributed by atoms with van der Waals surface area (Å²) in [5, 5.41) is 12.2. The predicted octanol–water partition coefficient (Wildman–Crippen LogP) is 2.37. The van der Waals surface area contributed by atoms with Gasteiger partial charge in [0.05, 0.1) is 5.41 Å². The summed E-state index contributed by atoms with van der Waals surface area (Å²) in [5.41, 5.74) is -1.31.